The summed E-state index contributed by atoms with van der Waals surface area (Å²) in [5, 5.41) is 3.04. The van der Waals surface area contributed by atoms with Crippen molar-refractivity contribution in [1.82, 2.24) is 10.0 Å². The van der Waals surface area contributed by atoms with Crippen LogP contribution in [0.3, 0.4) is 0 Å². The van der Waals surface area contributed by atoms with E-state index in [1.165, 1.54) is 0 Å². The lowest BCUT2D eigenvalue weighted by Crippen LogP contribution is -2.37. The van der Waals surface area contributed by atoms with Crippen molar-refractivity contribution in [2.24, 2.45) is 0 Å². The molecule has 9 heteroatoms. The maximum Gasteiger partial charge on any atom is 0.246 e. The van der Waals surface area contributed by atoms with Crippen LogP contribution in [0.4, 0.5) is 13.2 Å². The molecule has 1 aromatic rings. The largest absolute Gasteiger partial charge is 0.313 e. The van der Waals surface area contributed by atoms with Gasteiger partial charge in [-0.25, -0.2) is 26.3 Å². The minimum Gasteiger partial charge on any atom is -0.313 e. The molecule has 1 saturated heterocycles. The van der Waals surface area contributed by atoms with E-state index in [9.17, 15) is 21.6 Å². The topological polar surface area (TPSA) is 58.2 Å². The Labute approximate surface area is 121 Å². The Morgan fingerprint density at radius 3 is 2.35 bits per heavy atom. The van der Waals surface area contributed by atoms with Crippen molar-refractivity contribution < 1.29 is 21.6 Å². The van der Waals surface area contributed by atoms with Gasteiger partial charge in [-0.3, -0.25) is 0 Å². The summed E-state index contributed by atoms with van der Waals surface area (Å²) in [6.45, 7) is 0.824. The lowest BCUT2D eigenvalue weighted by atomic mass is 10.2. The third-order valence-electron chi connectivity index (χ3n) is 2.91. The molecule has 0 aromatic heterocycles. The van der Waals surface area contributed by atoms with E-state index in [0.717, 1.165) is 19.4 Å². The number of hydrogen-bond acceptors (Lipinski definition) is 3. The number of hydrogen-bond donors (Lipinski definition) is 2. The zero-order chi connectivity index (χ0) is 14.0. The fourth-order valence-corrected chi connectivity index (χ4v) is 3.20. The maximum atomic E-state index is 13.4. The van der Waals surface area contributed by atoms with E-state index < -0.39 is 32.4 Å². The smallest absolute Gasteiger partial charge is 0.246 e. The first-order valence-electron chi connectivity index (χ1n) is 5.78. The first kappa shape index (κ1) is 17.2. The van der Waals surface area contributed by atoms with Crippen molar-refractivity contribution in [3.63, 3.8) is 0 Å². The summed E-state index contributed by atoms with van der Waals surface area (Å²) in [6.07, 6.45) is 1.71. The molecule has 20 heavy (non-hydrogen) atoms. The molecule has 1 fully saturated rings. The molecule has 0 amide bonds. The molecular weight excluding hydrogens is 317 g/mol. The average molecular weight is 331 g/mol. The number of nitrogens with one attached hydrogen (secondary N) is 2. The van der Waals surface area contributed by atoms with E-state index in [1.807, 2.05) is 0 Å². The molecular formula is C11H14ClF3N2O2S. The van der Waals surface area contributed by atoms with Crippen LogP contribution < -0.4 is 10.0 Å². The van der Waals surface area contributed by atoms with Crippen LogP contribution in [0.1, 0.15) is 12.8 Å². The van der Waals surface area contributed by atoms with Crippen LogP contribution in [-0.4, -0.2) is 27.5 Å². The maximum absolute atomic E-state index is 13.4. The SMILES string of the molecule is Cl.O=S(=O)(NCC1CCCN1)c1c(F)cc(F)cc1F. The minimum absolute atomic E-state index is 0. The van der Waals surface area contributed by atoms with Gasteiger partial charge in [0.2, 0.25) is 10.0 Å². The number of sulfonamides is 1. The van der Waals surface area contributed by atoms with Gasteiger partial charge >= 0.3 is 0 Å². The molecule has 0 spiro atoms. The minimum atomic E-state index is -4.33. The highest BCUT2D eigenvalue weighted by Gasteiger charge is 2.26. The van der Waals surface area contributed by atoms with E-state index >= 15 is 0 Å². The number of benzene rings is 1. The summed E-state index contributed by atoms with van der Waals surface area (Å²) >= 11 is 0. The van der Waals surface area contributed by atoms with Crippen LogP contribution in [-0.2, 0) is 10.0 Å². The summed E-state index contributed by atoms with van der Waals surface area (Å²) in [6, 6.07) is 0.623. The summed E-state index contributed by atoms with van der Waals surface area (Å²) < 4.78 is 65.2. The van der Waals surface area contributed by atoms with E-state index in [1.54, 1.807) is 0 Å². The first-order chi connectivity index (χ1) is 8.90. The lowest BCUT2D eigenvalue weighted by Gasteiger charge is -2.13. The lowest BCUT2D eigenvalue weighted by molar-refractivity contribution is 0.490. The van der Waals surface area contributed by atoms with Gasteiger partial charge in [0.15, 0.2) is 4.90 Å². The van der Waals surface area contributed by atoms with Crippen molar-refractivity contribution in [2.45, 2.75) is 23.8 Å². The second-order valence-corrected chi connectivity index (χ2v) is 6.05. The molecule has 1 aliphatic rings. The molecule has 4 nitrogen and oxygen atoms in total. The quantitative estimate of drug-likeness (QED) is 0.881. The van der Waals surface area contributed by atoms with Crippen molar-refractivity contribution in [3.8, 4) is 0 Å². The average Bonchev–Trinajstić information content (AvgIpc) is 2.77. The Hall–Kier alpha value is -0.830. The van der Waals surface area contributed by atoms with Crippen molar-refractivity contribution in [3.05, 3.63) is 29.6 Å². The van der Waals surface area contributed by atoms with Gasteiger partial charge in [0.25, 0.3) is 0 Å². The Bertz CT molecular complexity index is 554. The zero-order valence-corrected chi connectivity index (χ0v) is 12.0. The molecule has 1 aromatic carbocycles. The van der Waals surface area contributed by atoms with E-state index in [-0.39, 0.29) is 25.0 Å². The second kappa shape index (κ2) is 6.75. The molecule has 1 atom stereocenters. The molecule has 1 aliphatic heterocycles. The predicted octanol–water partition coefficient (Wildman–Crippen LogP) is 1.56. The summed E-state index contributed by atoms with van der Waals surface area (Å²) in [5.41, 5.74) is 0. The predicted molar refractivity (Wildman–Crippen MR) is 69.8 cm³/mol. The van der Waals surface area contributed by atoms with E-state index in [0.29, 0.717) is 12.1 Å². The molecule has 0 saturated carbocycles. The normalized spacial score (nSPS) is 18.9. The number of rotatable bonds is 4. The first-order valence-corrected chi connectivity index (χ1v) is 7.26. The van der Waals surface area contributed by atoms with Gasteiger partial charge in [-0.1, -0.05) is 0 Å². The highest BCUT2D eigenvalue weighted by Crippen LogP contribution is 2.20. The van der Waals surface area contributed by atoms with E-state index in [2.05, 4.69) is 10.0 Å². The van der Waals surface area contributed by atoms with Gasteiger partial charge in [0.1, 0.15) is 17.5 Å². The van der Waals surface area contributed by atoms with E-state index in [4.69, 9.17) is 0 Å². The highest BCUT2D eigenvalue weighted by molar-refractivity contribution is 7.89. The van der Waals surface area contributed by atoms with Gasteiger partial charge < -0.3 is 5.32 Å². The van der Waals surface area contributed by atoms with Crippen molar-refractivity contribution in [2.75, 3.05) is 13.1 Å². The van der Waals surface area contributed by atoms with Crippen LogP contribution in [0, 0.1) is 17.5 Å². The monoisotopic (exact) mass is 330 g/mol. The van der Waals surface area contributed by atoms with Crippen LogP contribution in [0.2, 0.25) is 0 Å². The summed E-state index contributed by atoms with van der Waals surface area (Å²) in [5.74, 6) is -4.04. The van der Waals surface area contributed by atoms with Crippen LogP contribution in [0.15, 0.2) is 17.0 Å². The van der Waals surface area contributed by atoms with Gasteiger partial charge in [-0.15, -0.1) is 12.4 Å². The molecule has 0 aliphatic carbocycles. The van der Waals surface area contributed by atoms with Gasteiger partial charge in [-0.2, -0.15) is 0 Å². The third kappa shape index (κ3) is 3.85. The van der Waals surface area contributed by atoms with Crippen LogP contribution >= 0.6 is 12.4 Å². The van der Waals surface area contributed by atoms with Crippen molar-refractivity contribution in [1.29, 1.82) is 0 Å². The highest BCUT2D eigenvalue weighted by atomic mass is 35.5. The molecule has 114 valence electrons. The fraction of sp³-hybridized carbons (Fsp3) is 0.455. The molecule has 2 rings (SSSR count). The van der Waals surface area contributed by atoms with Gasteiger partial charge in [0, 0.05) is 24.7 Å². The Morgan fingerprint density at radius 2 is 1.85 bits per heavy atom. The van der Waals surface area contributed by atoms with Crippen LogP contribution in [0.25, 0.3) is 0 Å². The molecule has 1 unspecified atom stereocenters. The van der Waals surface area contributed by atoms with Gasteiger partial charge in [0.05, 0.1) is 0 Å². The second-order valence-electron chi connectivity index (χ2n) is 4.34. The summed E-state index contributed by atoms with van der Waals surface area (Å²) in [7, 11) is -4.33. The van der Waals surface area contributed by atoms with Gasteiger partial charge in [-0.05, 0) is 19.4 Å². The van der Waals surface area contributed by atoms with Crippen LogP contribution in [0.5, 0.6) is 0 Å². The molecule has 2 N–H and O–H groups in total. The Balaban J connectivity index is 0.00000200. The molecule has 0 radical (unpaired) electrons. The Kier molecular flexibility index (Phi) is 5.81. The summed E-state index contributed by atoms with van der Waals surface area (Å²) in [4.78, 5) is -1.15. The number of halogens is 4. The third-order valence-corrected chi connectivity index (χ3v) is 4.39. The van der Waals surface area contributed by atoms with Crippen molar-refractivity contribution >= 4 is 22.4 Å². The zero-order valence-electron chi connectivity index (χ0n) is 10.3. The molecule has 0 bridgehead atoms. The standard InChI is InChI=1S/C11H13F3N2O2S.ClH/c12-7-4-9(13)11(10(14)5-7)19(17,18)16-6-8-2-1-3-15-8;/h4-5,8,15-16H,1-3,6H2;1H. The fourth-order valence-electron chi connectivity index (χ4n) is 2.00. The molecule has 1 heterocycles. The Morgan fingerprint density at radius 1 is 1.25 bits per heavy atom.